The Hall–Kier alpha value is -1.07. The number of rotatable bonds is 2. The average Bonchev–Trinajstić information content (AvgIpc) is 2.54. The highest BCUT2D eigenvalue weighted by Gasteiger charge is 2.39. The van der Waals surface area contributed by atoms with Crippen LogP contribution in [0.1, 0.15) is 20.8 Å². The van der Waals surface area contributed by atoms with Gasteiger partial charge in [-0.2, -0.15) is 0 Å². The number of fused-ring (bicyclic) bond motifs is 1. The molecule has 5 heteroatoms. The van der Waals surface area contributed by atoms with Crippen molar-refractivity contribution in [1.29, 1.82) is 0 Å². The van der Waals surface area contributed by atoms with Crippen LogP contribution in [0.15, 0.2) is 27.4 Å². The molecule has 0 aliphatic heterocycles. The van der Waals surface area contributed by atoms with Gasteiger partial charge in [0.05, 0.1) is 4.70 Å². The van der Waals surface area contributed by atoms with Crippen molar-refractivity contribution in [3.05, 3.63) is 27.9 Å². The van der Waals surface area contributed by atoms with E-state index in [1.54, 1.807) is 0 Å². The van der Waals surface area contributed by atoms with E-state index in [1.807, 2.05) is 18.2 Å². The predicted molar refractivity (Wildman–Crippen MR) is 78.2 cm³/mol. The molecule has 1 heterocycles. The fourth-order valence-electron chi connectivity index (χ4n) is 1.36. The summed E-state index contributed by atoms with van der Waals surface area (Å²) in [5, 5.41) is 0.150. The summed E-state index contributed by atoms with van der Waals surface area (Å²) >= 11 is 1.12. The molecule has 2 rings (SSSR count). The van der Waals surface area contributed by atoms with E-state index in [4.69, 9.17) is 8.84 Å². The Morgan fingerprint density at radius 2 is 1.94 bits per heavy atom. The third-order valence-corrected chi connectivity index (χ3v) is 8.65. The van der Waals surface area contributed by atoms with Crippen LogP contribution in [-0.2, 0) is 0 Å². The monoisotopic (exact) mass is 282 g/mol. The highest BCUT2D eigenvalue weighted by Crippen LogP contribution is 2.37. The van der Waals surface area contributed by atoms with Crippen LogP contribution in [0.2, 0.25) is 18.1 Å². The second-order valence-electron chi connectivity index (χ2n) is 5.93. The Morgan fingerprint density at radius 1 is 1.28 bits per heavy atom. The molecule has 18 heavy (non-hydrogen) atoms. The van der Waals surface area contributed by atoms with Gasteiger partial charge in [-0.05, 0) is 30.3 Å². The molecule has 0 N–H and O–H groups in total. The Kier molecular flexibility index (Phi) is 3.15. The molecule has 98 valence electrons. The molecule has 0 amide bonds. The van der Waals surface area contributed by atoms with Gasteiger partial charge in [-0.25, -0.2) is 4.79 Å². The summed E-state index contributed by atoms with van der Waals surface area (Å²) in [7, 11) is -1.84. The minimum absolute atomic E-state index is 0.150. The van der Waals surface area contributed by atoms with Crippen LogP contribution in [0.4, 0.5) is 0 Å². The van der Waals surface area contributed by atoms with Crippen molar-refractivity contribution in [1.82, 2.24) is 0 Å². The molecule has 3 nitrogen and oxygen atoms in total. The molecule has 0 unspecified atom stereocenters. The zero-order valence-corrected chi connectivity index (χ0v) is 13.2. The molecule has 0 saturated heterocycles. The van der Waals surface area contributed by atoms with Crippen LogP contribution >= 0.6 is 11.3 Å². The highest BCUT2D eigenvalue weighted by atomic mass is 32.1. The van der Waals surface area contributed by atoms with Gasteiger partial charge in [0, 0.05) is 6.07 Å². The summed E-state index contributed by atoms with van der Waals surface area (Å²) in [6, 6.07) is 5.61. The minimum Gasteiger partial charge on any atom is -0.543 e. The summed E-state index contributed by atoms with van der Waals surface area (Å²) in [6.45, 7) is 11.0. The zero-order chi connectivity index (χ0) is 13.6. The van der Waals surface area contributed by atoms with Crippen LogP contribution in [-0.4, -0.2) is 8.32 Å². The maximum Gasteiger partial charge on any atom is 0.396 e. The summed E-state index contributed by atoms with van der Waals surface area (Å²) in [6.07, 6.45) is 0. The van der Waals surface area contributed by atoms with Crippen LogP contribution in [0.25, 0.3) is 10.3 Å². The van der Waals surface area contributed by atoms with Gasteiger partial charge in [0.25, 0.3) is 0 Å². The third kappa shape index (κ3) is 2.52. The first-order valence-corrected chi connectivity index (χ1v) is 9.64. The Balaban J connectivity index is 2.35. The van der Waals surface area contributed by atoms with E-state index in [-0.39, 0.29) is 9.98 Å². The van der Waals surface area contributed by atoms with Gasteiger partial charge in [-0.1, -0.05) is 32.1 Å². The fourth-order valence-corrected chi connectivity index (χ4v) is 3.03. The SMILES string of the molecule is CC(C)(C)[Si](C)(C)Oc1ccc2sc(=O)oc2c1. The lowest BCUT2D eigenvalue weighted by Crippen LogP contribution is -2.43. The van der Waals surface area contributed by atoms with E-state index < -0.39 is 8.32 Å². The van der Waals surface area contributed by atoms with E-state index >= 15 is 0 Å². The van der Waals surface area contributed by atoms with Crippen LogP contribution in [0.5, 0.6) is 5.75 Å². The summed E-state index contributed by atoms with van der Waals surface area (Å²) < 4.78 is 12.1. The largest absolute Gasteiger partial charge is 0.543 e. The van der Waals surface area contributed by atoms with Crippen molar-refractivity contribution in [2.24, 2.45) is 0 Å². The van der Waals surface area contributed by atoms with Crippen molar-refractivity contribution in [2.45, 2.75) is 38.9 Å². The van der Waals surface area contributed by atoms with Crippen LogP contribution < -0.4 is 9.37 Å². The number of hydrogen-bond donors (Lipinski definition) is 0. The topological polar surface area (TPSA) is 39.4 Å². The van der Waals surface area contributed by atoms with E-state index in [1.165, 1.54) is 0 Å². The Bertz CT molecular complexity index is 619. The first-order valence-electron chi connectivity index (χ1n) is 5.92. The smallest absolute Gasteiger partial charge is 0.396 e. The fraction of sp³-hybridized carbons (Fsp3) is 0.462. The van der Waals surface area contributed by atoms with Crippen molar-refractivity contribution in [3.63, 3.8) is 0 Å². The van der Waals surface area contributed by atoms with Gasteiger partial charge in [0.1, 0.15) is 5.75 Å². The molecule has 0 saturated carbocycles. The van der Waals surface area contributed by atoms with Gasteiger partial charge in [-0.3, -0.25) is 0 Å². The Morgan fingerprint density at radius 3 is 2.56 bits per heavy atom. The molecule has 2 aromatic rings. The van der Waals surface area contributed by atoms with Gasteiger partial charge in [0.2, 0.25) is 8.32 Å². The van der Waals surface area contributed by atoms with Crippen LogP contribution in [0, 0.1) is 0 Å². The highest BCUT2D eigenvalue weighted by molar-refractivity contribution is 7.16. The first-order chi connectivity index (χ1) is 8.19. The summed E-state index contributed by atoms with van der Waals surface area (Å²) in [4.78, 5) is 10.9. The quantitative estimate of drug-likeness (QED) is 0.773. The van der Waals surface area contributed by atoms with Gasteiger partial charge >= 0.3 is 4.94 Å². The van der Waals surface area contributed by atoms with E-state index in [2.05, 4.69) is 33.9 Å². The maximum absolute atomic E-state index is 11.2. The van der Waals surface area contributed by atoms with Gasteiger partial charge in [-0.15, -0.1) is 0 Å². The Labute approximate surface area is 112 Å². The molecule has 1 aromatic carbocycles. The van der Waals surface area contributed by atoms with Gasteiger partial charge < -0.3 is 8.84 Å². The lowest BCUT2D eigenvalue weighted by Gasteiger charge is -2.36. The number of hydrogen-bond acceptors (Lipinski definition) is 4. The maximum atomic E-state index is 11.2. The first kappa shape index (κ1) is 13.4. The molecule has 0 spiro atoms. The summed E-state index contributed by atoms with van der Waals surface area (Å²) in [5.41, 5.74) is 0.612. The van der Waals surface area contributed by atoms with Crippen molar-refractivity contribution in [2.75, 3.05) is 0 Å². The minimum atomic E-state index is -1.84. The van der Waals surface area contributed by atoms with Gasteiger partial charge in [0.15, 0.2) is 5.58 Å². The number of benzene rings is 1. The molecule has 1 aromatic heterocycles. The van der Waals surface area contributed by atoms with Crippen LogP contribution in [0.3, 0.4) is 0 Å². The van der Waals surface area contributed by atoms with Crippen molar-refractivity contribution in [3.8, 4) is 5.75 Å². The van der Waals surface area contributed by atoms with Crippen molar-refractivity contribution < 1.29 is 8.84 Å². The second kappa shape index (κ2) is 4.24. The molecule has 0 bridgehead atoms. The van der Waals surface area contributed by atoms with E-state index in [9.17, 15) is 4.79 Å². The molecule has 0 radical (unpaired) electrons. The van der Waals surface area contributed by atoms with Crippen molar-refractivity contribution >= 4 is 29.9 Å². The van der Waals surface area contributed by atoms with E-state index in [0.29, 0.717) is 5.58 Å². The lowest BCUT2D eigenvalue weighted by atomic mass is 10.2. The third-order valence-electron chi connectivity index (χ3n) is 3.48. The van der Waals surface area contributed by atoms with E-state index in [0.717, 1.165) is 21.8 Å². The second-order valence-corrected chi connectivity index (χ2v) is 11.6. The average molecular weight is 282 g/mol. The summed E-state index contributed by atoms with van der Waals surface area (Å²) in [5.74, 6) is 0.788. The molecule has 0 atom stereocenters. The molecular formula is C13H18O3SSi. The lowest BCUT2D eigenvalue weighted by molar-refractivity contribution is 0.491. The molecule has 0 aliphatic carbocycles. The molecule has 0 aliphatic rings. The normalized spacial score (nSPS) is 12.9. The standard InChI is InChI=1S/C13H18O3SSi/c1-13(2,3)18(4,5)16-9-6-7-11-10(8-9)15-12(14)17-11/h6-8H,1-5H3. The molecule has 0 fully saturated rings. The zero-order valence-electron chi connectivity index (χ0n) is 11.4. The molecular weight excluding hydrogens is 264 g/mol. The predicted octanol–water partition coefficient (Wildman–Crippen LogP) is 4.24.